The first kappa shape index (κ1) is 10.1. The predicted molar refractivity (Wildman–Crippen MR) is 61.8 cm³/mol. The third-order valence-electron chi connectivity index (χ3n) is 5.24. The summed E-state index contributed by atoms with van der Waals surface area (Å²) in [6, 6.07) is 0. The van der Waals surface area contributed by atoms with Crippen LogP contribution in [0.4, 0.5) is 0 Å². The van der Waals surface area contributed by atoms with E-state index in [0.717, 1.165) is 24.4 Å². The second kappa shape index (κ2) is 3.76. The second-order valence-electron chi connectivity index (χ2n) is 6.14. The molecule has 1 heteroatoms. The van der Waals surface area contributed by atoms with E-state index < -0.39 is 0 Å². The summed E-state index contributed by atoms with van der Waals surface area (Å²) < 4.78 is 6.28. The number of fused-ring (bicyclic) bond motifs is 1. The first-order valence-corrected chi connectivity index (χ1v) is 6.95. The maximum absolute atomic E-state index is 6.28. The van der Waals surface area contributed by atoms with Gasteiger partial charge in [0.1, 0.15) is 0 Å². The molecule has 3 aliphatic rings. The van der Waals surface area contributed by atoms with E-state index in [2.05, 4.69) is 6.92 Å². The van der Waals surface area contributed by atoms with Gasteiger partial charge in [0.05, 0.1) is 12.2 Å². The Hall–Kier alpha value is -0.0400. The molecule has 1 nitrogen and oxygen atoms in total. The average molecular weight is 208 g/mol. The lowest BCUT2D eigenvalue weighted by molar-refractivity contribution is -0.0816. The van der Waals surface area contributed by atoms with Crippen molar-refractivity contribution >= 4 is 0 Å². The van der Waals surface area contributed by atoms with E-state index in [0.29, 0.717) is 5.60 Å². The van der Waals surface area contributed by atoms with Crippen LogP contribution in [0.25, 0.3) is 0 Å². The third-order valence-corrected chi connectivity index (χ3v) is 5.24. The van der Waals surface area contributed by atoms with Gasteiger partial charge in [-0.3, -0.25) is 0 Å². The van der Waals surface area contributed by atoms with Gasteiger partial charge >= 0.3 is 0 Å². The molecule has 15 heavy (non-hydrogen) atoms. The van der Waals surface area contributed by atoms with Crippen LogP contribution in [0.5, 0.6) is 0 Å². The highest BCUT2D eigenvalue weighted by Gasteiger charge is 2.45. The van der Waals surface area contributed by atoms with E-state index >= 15 is 0 Å². The van der Waals surface area contributed by atoms with Gasteiger partial charge in [0.15, 0.2) is 0 Å². The lowest BCUT2D eigenvalue weighted by atomic mass is 9.75. The maximum atomic E-state index is 6.28. The number of hydrogen-bond donors (Lipinski definition) is 0. The van der Waals surface area contributed by atoms with Crippen molar-refractivity contribution in [3.63, 3.8) is 0 Å². The summed E-state index contributed by atoms with van der Waals surface area (Å²) in [5, 5.41) is 0. The van der Waals surface area contributed by atoms with E-state index in [-0.39, 0.29) is 0 Å². The molecule has 0 amide bonds. The van der Waals surface area contributed by atoms with Crippen LogP contribution < -0.4 is 0 Å². The summed E-state index contributed by atoms with van der Waals surface area (Å²) in [6.07, 6.45) is 11.2. The summed E-state index contributed by atoms with van der Waals surface area (Å²) >= 11 is 0. The lowest BCUT2D eigenvalue weighted by Crippen LogP contribution is -2.37. The van der Waals surface area contributed by atoms with E-state index in [9.17, 15) is 0 Å². The normalized spacial score (nSPS) is 49.8. The van der Waals surface area contributed by atoms with Crippen LogP contribution >= 0.6 is 0 Å². The zero-order valence-corrected chi connectivity index (χ0v) is 10.0. The van der Waals surface area contributed by atoms with Crippen LogP contribution in [0.2, 0.25) is 0 Å². The molecule has 0 aromatic carbocycles. The molecule has 0 aromatic rings. The fourth-order valence-corrected chi connectivity index (χ4v) is 3.68. The first-order chi connectivity index (χ1) is 7.31. The molecule has 2 atom stereocenters. The predicted octanol–water partition coefficient (Wildman–Crippen LogP) is 3.77. The fourth-order valence-electron chi connectivity index (χ4n) is 3.68. The van der Waals surface area contributed by atoms with Crippen molar-refractivity contribution in [2.24, 2.45) is 17.8 Å². The van der Waals surface area contributed by atoms with Gasteiger partial charge in [-0.2, -0.15) is 0 Å². The smallest absolute Gasteiger partial charge is 0.0683 e. The Balaban J connectivity index is 1.60. The molecule has 1 heterocycles. The second-order valence-corrected chi connectivity index (χ2v) is 6.14. The van der Waals surface area contributed by atoms with Gasteiger partial charge < -0.3 is 4.74 Å². The van der Waals surface area contributed by atoms with Gasteiger partial charge in [0.2, 0.25) is 0 Å². The van der Waals surface area contributed by atoms with Gasteiger partial charge in [-0.25, -0.2) is 0 Å². The molecule has 0 bridgehead atoms. The molecule has 2 saturated carbocycles. The zero-order chi connectivity index (χ0) is 10.3. The Morgan fingerprint density at radius 1 is 1.07 bits per heavy atom. The first-order valence-electron chi connectivity index (χ1n) is 6.95. The van der Waals surface area contributed by atoms with Crippen molar-refractivity contribution in [3.8, 4) is 0 Å². The molecule has 1 spiro atoms. The molecule has 86 valence electrons. The monoisotopic (exact) mass is 208 g/mol. The molecular formula is C14H24O. The van der Waals surface area contributed by atoms with E-state index in [1.165, 1.54) is 51.4 Å². The molecule has 0 radical (unpaired) electrons. The Kier molecular flexibility index (Phi) is 2.54. The van der Waals surface area contributed by atoms with Crippen LogP contribution in [0, 0.1) is 17.8 Å². The van der Waals surface area contributed by atoms with Gasteiger partial charge in [-0.1, -0.05) is 13.3 Å². The van der Waals surface area contributed by atoms with Gasteiger partial charge in [0, 0.05) is 0 Å². The van der Waals surface area contributed by atoms with Crippen molar-refractivity contribution in [2.45, 2.75) is 63.9 Å². The fraction of sp³-hybridized carbons (Fsp3) is 1.00. The van der Waals surface area contributed by atoms with E-state index in [1.54, 1.807) is 0 Å². The largest absolute Gasteiger partial charge is 0.375 e. The molecule has 1 aliphatic heterocycles. The van der Waals surface area contributed by atoms with Gasteiger partial charge in [-0.15, -0.1) is 0 Å². The summed E-state index contributed by atoms with van der Waals surface area (Å²) in [5.74, 6) is 3.00. The van der Waals surface area contributed by atoms with Crippen molar-refractivity contribution in [3.05, 3.63) is 0 Å². The topological polar surface area (TPSA) is 9.23 Å². The SMILES string of the molecule is CCC1CCC2(CC1)CCC1CC1CO2. The Morgan fingerprint density at radius 3 is 2.53 bits per heavy atom. The molecule has 1 saturated heterocycles. The molecular weight excluding hydrogens is 184 g/mol. The van der Waals surface area contributed by atoms with Crippen molar-refractivity contribution in [1.29, 1.82) is 0 Å². The minimum Gasteiger partial charge on any atom is -0.375 e. The number of ether oxygens (including phenoxy) is 1. The van der Waals surface area contributed by atoms with Crippen molar-refractivity contribution < 1.29 is 4.74 Å². The van der Waals surface area contributed by atoms with Crippen LogP contribution in [0.1, 0.15) is 58.3 Å². The maximum Gasteiger partial charge on any atom is 0.0683 e. The Labute approximate surface area is 93.6 Å². The highest BCUT2D eigenvalue weighted by atomic mass is 16.5. The van der Waals surface area contributed by atoms with Gasteiger partial charge in [-0.05, 0) is 62.7 Å². The third kappa shape index (κ3) is 1.95. The number of rotatable bonds is 1. The van der Waals surface area contributed by atoms with Crippen LogP contribution in [0.15, 0.2) is 0 Å². The summed E-state index contributed by atoms with van der Waals surface area (Å²) in [6.45, 7) is 3.42. The van der Waals surface area contributed by atoms with E-state index in [4.69, 9.17) is 4.74 Å². The minimum atomic E-state index is 0.332. The molecule has 3 rings (SSSR count). The highest BCUT2D eigenvalue weighted by molar-refractivity contribution is 4.96. The lowest BCUT2D eigenvalue weighted by Gasteiger charge is -2.39. The summed E-state index contributed by atoms with van der Waals surface area (Å²) in [5.41, 5.74) is 0.332. The minimum absolute atomic E-state index is 0.332. The van der Waals surface area contributed by atoms with Crippen LogP contribution in [0.3, 0.4) is 0 Å². The standard InChI is InChI=1S/C14H24O/c1-2-11-3-6-14(7-4-11)8-5-12-9-13(12)10-15-14/h11-13H,2-10H2,1H3. The summed E-state index contributed by atoms with van der Waals surface area (Å²) in [4.78, 5) is 0. The zero-order valence-electron chi connectivity index (χ0n) is 10.0. The van der Waals surface area contributed by atoms with Crippen LogP contribution in [-0.4, -0.2) is 12.2 Å². The molecule has 0 aromatic heterocycles. The van der Waals surface area contributed by atoms with Crippen molar-refractivity contribution in [1.82, 2.24) is 0 Å². The molecule has 2 aliphatic carbocycles. The quantitative estimate of drug-likeness (QED) is 0.637. The Bertz CT molecular complexity index is 213. The van der Waals surface area contributed by atoms with E-state index in [1.807, 2.05) is 0 Å². The Morgan fingerprint density at radius 2 is 1.80 bits per heavy atom. The van der Waals surface area contributed by atoms with Crippen LogP contribution in [-0.2, 0) is 4.74 Å². The van der Waals surface area contributed by atoms with Crippen molar-refractivity contribution in [2.75, 3.05) is 6.61 Å². The highest BCUT2D eigenvalue weighted by Crippen LogP contribution is 2.50. The molecule has 3 fully saturated rings. The average Bonchev–Trinajstić information content (AvgIpc) is 3.03. The summed E-state index contributed by atoms with van der Waals surface area (Å²) in [7, 11) is 0. The molecule has 0 N–H and O–H groups in total. The number of hydrogen-bond acceptors (Lipinski definition) is 1. The van der Waals surface area contributed by atoms with Gasteiger partial charge in [0.25, 0.3) is 0 Å². The molecule has 2 unspecified atom stereocenters.